The topological polar surface area (TPSA) is 17.8 Å². The van der Waals surface area contributed by atoms with Crippen LogP contribution in [0.5, 0.6) is 0 Å². The lowest BCUT2D eigenvalue weighted by atomic mass is 10.2. The van der Waals surface area contributed by atoms with Crippen molar-refractivity contribution in [3.8, 4) is 5.69 Å². The van der Waals surface area contributed by atoms with E-state index >= 15 is 0 Å². The molecule has 5 heteroatoms. The van der Waals surface area contributed by atoms with Crippen LogP contribution in [0.4, 0.5) is 13.2 Å². The number of halogens is 3. The highest BCUT2D eigenvalue weighted by Gasteiger charge is 2.33. The molecule has 0 atom stereocenters. The predicted octanol–water partition coefficient (Wildman–Crippen LogP) is 3.84. The fraction of sp³-hybridized carbons (Fsp3) is 0.308. The number of hydrogen-bond donors (Lipinski definition) is 0. The van der Waals surface area contributed by atoms with Crippen molar-refractivity contribution < 1.29 is 13.2 Å². The number of benzene rings is 1. The molecule has 0 fully saturated rings. The Morgan fingerprint density at radius 1 is 1.17 bits per heavy atom. The molecule has 0 aliphatic carbocycles. The first-order valence-corrected chi connectivity index (χ1v) is 5.73. The fourth-order valence-corrected chi connectivity index (χ4v) is 1.80. The fourth-order valence-electron chi connectivity index (χ4n) is 1.80. The molecule has 0 saturated carbocycles. The molecule has 2 aromatic rings. The summed E-state index contributed by atoms with van der Waals surface area (Å²) in [6.45, 7) is 2.00. The minimum atomic E-state index is -4.37. The van der Waals surface area contributed by atoms with Gasteiger partial charge in [-0.25, -0.2) is 4.68 Å². The summed E-state index contributed by atoms with van der Waals surface area (Å²) in [7, 11) is 0. The number of alkyl halides is 3. The van der Waals surface area contributed by atoms with Crippen molar-refractivity contribution in [2.24, 2.45) is 0 Å². The van der Waals surface area contributed by atoms with E-state index in [9.17, 15) is 13.2 Å². The molecule has 0 aliphatic heterocycles. The molecular formula is C13H13F3N2. The smallest absolute Gasteiger partial charge is 0.240 e. The van der Waals surface area contributed by atoms with Gasteiger partial charge < -0.3 is 0 Å². The Hall–Kier alpha value is -1.78. The second-order valence-electron chi connectivity index (χ2n) is 4.02. The number of aromatic nitrogens is 2. The average molecular weight is 254 g/mol. The van der Waals surface area contributed by atoms with Gasteiger partial charge in [-0.1, -0.05) is 25.5 Å². The van der Waals surface area contributed by atoms with Gasteiger partial charge >= 0.3 is 6.18 Å². The zero-order chi connectivity index (χ0) is 13.2. The molecule has 1 aromatic heterocycles. The first-order chi connectivity index (χ1) is 8.52. The number of rotatable bonds is 3. The number of hydrogen-bond acceptors (Lipinski definition) is 1. The average Bonchev–Trinajstić information content (AvgIpc) is 2.77. The van der Waals surface area contributed by atoms with Crippen molar-refractivity contribution >= 4 is 0 Å². The van der Waals surface area contributed by atoms with E-state index in [1.54, 1.807) is 18.3 Å². The van der Waals surface area contributed by atoms with E-state index in [2.05, 4.69) is 5.10 Å². The summed E-state index contributed by atoms with van der Waals surface area (Å²) in [5.41, 5.74) is 0.193. The van der Waals surface area contributed by atoms with E-state index < -0.39 is 11.7 Å². The lowest BCUT2D eigenvalue weighted by Gasteiger charge is -2.12. The molecule has 2 nitrogen and oxygen atoms in total. The Labute approximate surface area is 103 Å². The van der Waals surface area contributed by atoms with Crippen molar-refractivity contribution in [2.75, 3.05) is 0 Å². The van der Waals surface area contributed by atoms with Crippen LogP contribution in [0.15, 0.2) is 36.5 Å². The number of para-hydroxylation sites is 1. The van der Waals surface area contributed by atoms with E-state index in [-0.39, 0.29) is 5.69 Å². The SMILES string of the molecule is CCCc1ccn(-c2ccccc2C(F)(F)F)n1. The largest absolute Gasteiger partial charge is 0.418 e. The molecule has 1 heterocycles. The molecule has 96 valence electrons. The first kappa shape index (κ1) is 12.7. The maximum absolute atomic E-state index is 12.8. The molecule has 2 rings (SSSR count). The van der Waals surface area contributed by atoms with Crippen molar-refractivity contribution in [3.05, 3.63) is 47.8 Å². The van der Waals surface area contributed by atoms with Crippen LogP contribution in [0.2, 0.25) is 0 Å². The van der Waals surface area contributed by atoms with Crippen molar-refractivity contribution in [1.82, 2.24) is 9.78 Å². The zero-order valence-electron chi connectivity index (χ0n) is 9.91. The summed E-state index contributed by atoms with van der Waals surface area (Å²) in [6.07, 6.45) is -1.12. The van der Waals surface area contributed by atoms with Gasteiger partial charge in [-0.15, -0.1) is 0 Å². The molecule has 0 unspecified atom stereocenters. The Morgan fingerprint density at radius 3 is 2.56 bits per heavy atom. The standard InChI is InChI=1S/C13H13F3N2/c1-2-5-10-8-9-18(17-10)12-7-4-3-6-11(12)13(14,15)16/h3-4,6-9H,2,5H2,1H3. The minimum absolute atomic E-state index is 0.0624. The van der Waals surface area contributed by atoms with Gasteiger partial charge in [0.05, 0.1) is 16.9 Å². The van der Waals surface area contributed by atoms with Gasteiger partial charge in [0.2, 0.25) is 0 Å². The Kier molecular flexibility index (Phi) is 3.41. The second kappa shape index (κ2) is 4.84. The van der Waals surface area contributed by atoms with Crippen molar-refractivity contribution in [3.63, 3.8) is 0 Å². The molecule has 0 aliphatic rings. The van der Waals surface area contributed by atoms with E-state index in [0.717, 1.165) is 24.6 Å². The molecule has 0 spiro atoms. The normalized spacial score (nSPS) is 11.8. The third-order valence-electron chi connectivity index (χ3n) is 2.61. The van der Waals surface area contributed by atoms with E-state index in [1.165, 1.54) is 16.8 Å². The molecule has 0 amide bonds. The number of aryl methyl sites for hydroxylation is 1. The Bertz CT molecular complexity index is 529. The van der Waals surface area contributed by atoms with Gasteiger partial charge in [0, 0.05) is 6.20 Å². The maximum Gasteiger partial charge on any atom is 0.418 e. The quantitative estimate of drug-likeness (QED) is 0.813. The van der Waals surface area contributed by atoms with E-state index in [0.29, 0.717) is 0 Å². The molecule has 0 N–H and O–H groups in total. The summed E-state index contributed by atoms with van der Waals surface area (Å²) in [5.74, 6) is 0. The Balaban J connectivity index is 2.43. The number of nitrogens with zero attached hydrogens (tertiary/aromatic N) is 2. The summed E-state index contributed by atoms with van der Waals surface area (Å²) >= 11 is 0. The van der Waals surface area contributed by atoms with Crippen molar-refractivity contribution in [1.29, 1.82) is 0 Å². The van der Waals surface area contributed by atoms with Crippen LogP contribution in [0.25, 0.3) is 5.69 Å². The summed E-state index contributed by atoms with van der Waals surface area (Å²) in [6, 6.07) is 7.19. The van der Waals surface area contributed by atoms with Crippen LogP contribution in [-0.4, -0.2) is 9.78 Å². The van der Waals surface area contributed by atoms with Crippen LogP contribution in [0.3, 0.4) is 0 Å². The third kappa shape index (κ3) is 2.55. The first-order valence-electron chi connectivity index (χ1n) is 5.73. The van der Waals surface area contributed by atoms with E-state index in [4.69, 9.17) is 0 Å². The van der Waals surface area contributed by atoms with Gasteiger partial charge in [-0.2, -0.15) is 18.3 Å². The highest BCUT2D eigenvalue weighted by molar-refractivity contribution is 5.42. The minimum Gasteiger partial charge on any atom is -0.240 e. The monoisotopic (exact) mass is 254 g/mol. The summed E-state index contributed by atoms with van der Waals surface area (Å²) in [5, 5.41) is 4.16. The summed E-state index contributed by atoms with van der Waals surface area (Å²) in [4.78, 5) is 0. The Morgan fingerprint density at radius 2 is 1.89 bits per heavy atom. The molecule has 18 heavy (non-hydrogen) atoms. The van der Waals surface area contributed by atoms with Crippen LogP contribution < -0.4 is 0 Å². The van der Waals surface area contributed by atoms with Crippen molar-refractivity contribution in [2.45, 2.75) is 25.9 Å². The molecule has 1 aromatic carbocycles. The lowest BCUT2D eigenvalue weighted by Crippen LogP contribution is -2.11. The van der Waals surface area contributed by atoms with Gasteiger partial charge in [0.25, 0.3) is 0 Å². The second-order valence-corrected chi connectivity index (χ2v) is 4.02. The zero-order valence-corrected chi connectivity index (χ0v) is 9.91. The highest BCUT2D eigenvalue weighted by atomic mass is 19.4. The van der Waals surface area contributed by atoms with Gasteiger partial charge in [0.15, 0.2) is 0 Å². The molecule has 0 saturated heterocycles. The lowest BCUT2D eigenvalue weighted by molar-refractivity contribution is -0.137. The highest BCUT2D eigenvalue weighted by Crippen LogP contribution is 2.33. The van der Waals surface area contributed by atoms with Gasteiger partial charge in [0.1, 0.15) is 0 Å². The van der Waals surface area contributed by atoms with Crippen LogP contribution in [-0.2, 0) is 12.6 Å². The van der Waals surface area contributed by atoms with Crippen LogP contribution >= 0.6 is 0 Å². The molecule has 0 bridgehead atoms. The third-order valence-corrected chi connectivity index (χ3v) is 2.61. The van der Waals surface area contributed by atoms with E-state index in [1.807, 2.05) is 6.92 Å². The van der Waals surface area contributed by atoms with Crippen LogP contribution in [0.1, 0.15) is 24.6 Å². The maximum atomic E-state index is 12.8. The molecular weight excluding hydrogens is 241 g/mol. The molecule has 0 radical (unpaired) electrons. The summed E-state index contributed by atoms with van der Waals surface area (Å²) < 4.78 is 39.8. The van der Waals surface area contributed by atoms with Gasteiger partial charge in [-0.05, 0) is 24.6 Å². The predicted molar refractivity (Wildman–Crippen MR) is 62.6 cm³/mol. The van der Waals surface area contributed by atoms with Crippen LogP contribution in [0, 0.1) is 0 Å². The van der Waals surface area contributed by atoms with Gasteiger partial charge in [-0.3, -0.25) is 0 Å².